The van der Waals surface area contributed by atoms with Gasteiger partial charge in [-0.3, -0.25) is 4.68 Å². The van der Waals surface area contributed by atoms with Crippen LogP contribution >= 0.6 is 0 Å². The molecule has 1 rings (SSSR count). The minimum atomic E-state index is -0.481. The zero-order valence-corrected chi connectivity index (χ0v) is 15.6. The molecule has 0 aromatic carbocycles. The van der Waals surface area contributed by atoms with Gasteiger partial charge in [0.1, 0.15) is 5.60 Å². The molecule has 6 heteroatoms. The first kappa shape index (κ1) is 19.5. The molecule has 0 saturated heterocycles. The fourth-order valence-electron chi connectivity index (χ4n) is 2.37. The van der Waals surface area contributed by atoms with Gasteiger partial charge in [0.2, 0.25) is 0 Å². The molecular formula is C17H32N4O2. The maximum atomic E-state index is 11.9. The van der Waals surface area contributed by atoms with Gasteiger partial charge in [0, 0.05) is 36.9 Å². The summed E-state index contributed by atoms with van der Waals surface area (Å²) in [4.78, 5) is 11.9. The molecule has 1 amide bonds. The first-order valence-electron chi connectivity index (χ1n) is 8.32. The Morgan fingerprint density at radius 3 is 2.35 bits per heavy atom. The van der Waals surface area contributed by atoms with Gasteiger partial charge in [-0.2, -0.15) is 5.10 Å². The summed E-state index contributed by atoms with van der Waals surface area (Å²) in [6, 6.07) is 0. The molecule has 0 unspecified atom stereocenters. The number of carbonyl (C=O) groups excluding carboxylic acids is 1. The highest BCUT2D eigenvalue weighted by atomic mass is 16.6. The lowest BCUT2D eigenvalue weighted by atomic mass is 9.92. The molecule has 0 saturated carbocycles. The Morgan fingerprint density at radius 2 is 1.91 bits per heavy atom. The number of hydrogen-bond acceptors (Lipinski definition) is 4. The van der Waals surface area contributed by atoms with Crippen molar-refractivity contribution in [2.24, 2.45) is 7.05 Å². The summed E-state index contributed by atoms with van der Waals surface area (Å²) < 4.78 is 7.19. The van der Waals surface area contributed by atoms with Crippen LogP contribution in [0.3, 0.4) is 0 Å². The van der Waals surface area contributed by atoms with E-state index in [1.807, 2.05) is 38.7 Å². The van der Waals surface area contributed by atoms with Crippen LogP contribution in [0.15, 0.2) is 6.20 Å². The Kier molecular flexibility index (Phi) is 6.62. The van der Waals surface area contributed by atoms with Crippen molar-refractivity contribution in [3.05, 3.63) is 17.5 Å². The van der Waals surface area contributed by atoms with Crippen LogP contribution in [-0.2, 0) is 18.3 Å². The summed E-state index contributed by atoms with van der Waals surface area (Å²) in [5.41, 5.74) is 1.69. The molecule has 1 aromatic heterocycles. The van der Waals surface area contributed by atoms with Gasteiger partial charge in [0.15, 0.2) is 0 Å². The van der Waals surface area contributed by atoms with Crippen LogP contribution < -0.4 is 10.6 Å². The topological polar surface area (TPSA) is 68.2 Å². The van der Waals surface area contributed by atoms with Crippen molar-refractivity contribution in [3.63, 3.8) is 0 Å². The van der Waals surface area contributed by atoms with E-state index in [4.69, 9.17) is 4.74 Å². The van der Waals surface area contributed by atoms with E-state index < -0.39 is 5.60 Å². The van der Waals surface area contributed by atoms with Crippen molar-refractivity contribution in [2.75, 3.05) is 6.54 Å². The van der Waals surface area contributed by atoms with E-state index in [0.717, 1.165) is 25.1 Å². The van der Waals surface area contributed by atoms with Crippen LogP contribution in [0.4, 0.5) is 4.79 Å². The summed E-state index contributed by atoms with van der Waals surface area (Å²) in [7, 11) is 1.94. The second kappa shape index (κ2) is 7.81. The molecule has 0 bridgehead atoms. The Balaban J connectivity index is 2.64. The van der Waals surface area contributed by atoms with E-state index in [-0.39, 0.29) is 11.6 Å². The molecule has 0 aliphatic carbocycles. The van der Waals surface area contributed by atoms with Crippen LogP contribution in [0.5, 0.6) is 0 Å². The van der Waals surface area contributed by atoms with Crippen molar-refractivity contribution in [3.8, 4) is 0 Å². The highest BCUT2D eigenvalue weighted by molar-refractivity contribution is 5.67. The van der Waals surface area contributed by atoms with Gasteiger partial charge in [-0.05, 0) is 40.5 Å². The minimum Gasteiger partial charge on any atom is -0.444 e. The Hall–Kier alpha value is -1.56. The smallest absolute Gasteiger partial charge is 0.407 e. The number of alkyl carbamates (subject to hydrolysis) is 1. The largest absolute Gasteiger partial charge is 0.444 e. The highest BCUT2D eigenvalue weighted by Crippen LogP contribution is 2.17. The van der Waals surface area contributed by atoms with Crippen molar-refractivity contribution in [1.82, 2.24) is 20.4 Å². The molecule has 2 N–H and O–H groups in total. The number of carbonyl (C=O) groups is 1. The molecule has 0 radical (unpaired) electrons. The number of nitrogens with one attached hydrogen (secondary N) is 2. The van der Waals surface area contributed by atoms with Crippen molar-refractivity contribution in [1.29, 1.82) is 0 Å². The standard InChI is InChI=1S/C17H32N4O2/c1-8-17(9-2,12-18-15(22)23-16(4,5)6)19-10-14-11-20-21(7)13(14)3/h11,19H,8-10,12H2,1-7H3,(H,18,22). The van der Waals surface area contributed by atoms with E-state index in [1.54, 1.807) is 0 Å². The lowest BCUT2D eigenvalue weighted by molar-refractivity contribution is 0.0507. The predicted octanol–water partition coefficient (Wildman–Crippen LogP) is 2.90. The van der Waals surface area contributed by atoms with Crippen LogP contribution in [0.2, 0.25) is 0 Å². The molecule has 0 atom stereocenters. The minimum absolute atomic E-state index is 0.154. The Labute approximate surface area is 140 Å². The molecule has 0 spiro atoms. The first-order valence-corrected chi connectivity index (χ1v) is 8.32. The second-order valence-corrected chi connectivity index (χ2v) is 7.08. The van der Waals surface area contributed by atoms with Crippen molar-refractivity contribution >= 4 is 6.09 Å². The summed E-state index contributed by atoms with van der Waals surface area (Å²) >= 11 is 0. The van der Waals surface area contributed by atoms with Gasteiger partial charge in [-0.1, -0.05) is 13.8 Å². The van der Waals surface area contributed by atoms with Gasteiger partial charge in [-0.15, -0.1) is 0 Å². The van der Waals surface area contributed by atoms with Gasteiger partial charge in [0.05, 0.1) is 6.20 Å². The summed E-state index contributed by atoms with van der Waals surface area (Å²) in [6.45, 7) is 13.2. The molecule has 1 heterocycles. The molecule has 1 aromatic rings. The van der Waals surface area contributed by atoms with Gasteiger partial charge >= 0.3 is 6.09 Å². The number of nitrogens with zero attached hydrogens (tertiary/aromatic N) is 2. The number of hydrogen-bond donors (Lipinski definition) is 2. The van der Waals surface area contributed by atoms with Crippen LogP contribution in [0, 0.1) is 6.92 Å². The monoisotopic (exact) mass is 324 g/mol. The van der Waals surface area contributed by atoms with Crippen LogP contribution in [0.1, 0.15) is 58.7 Å². The first-order chi connectivity index (χ1) is 10.6. The molecule has 0 aliphatic heterocycles. The molecule has 23 heavy (non-hydrogen) atoms. The maximum absolute atomic E-state index is 11.9. The molecule has 132 valence electrons. The fourth-order valence-corrected chi connectivity index (χ4v) is 2.37. The number of aryl methyl sites for hydroxylation is 1. The zero-order valence-electron chi connectivity index (χ0n) is 15.6. The van der Waals surface area contributed by atoms with Gasteiger partial charge < -0.3 is 15.4 Å². The molecular weight excluding hydrogens is 292 g/mol. The van der Waals surface area contributed by atoms with E-state index in [9.17, 15) is 4.79 Å². The highest BCUT2D eigenvalue weighted by Gasteiger charge is 2.27. The lowest BCUT2D eigenvalue weighted by Gasteiger charge is -2.33. The molecule has 0 fully saturated rings. The summed E-state index contributed by atoms with van der Waals surface area (Å²) in [5.74, 6) is 0. The summed E-state index contributed by atoms with van der Waals surface area (Å²) in [6.07, 6.45) is 3.35. The summed E-state index contributed by atoms with van der Waals surface area (Å²) in [5, 5.41) is 10.8. The Bertz CT molecular complexity index is 513. The maximum Gasteiger partial charge on any atom is 0.407 e. The molecule has 0 aliphatic rings. The second-order valence-electron chi connectivity index (χ2n) is 7.08. The third kappa shape index (κ3) is 5.86. The third-order valence-electron chi connectivity index (χ3n) is 4.31. The zero-order chi connectivity index (χ0) is 17.7. The van der Waals surface area contributed by atoms with E-state index in [0.29, 0.717) is 6.54 Å². The van der Waals surface area contributed by atoms with Crippen molar-refractivity contribution in [2.45, 2.75) is 72.1 Å². The van der Waals surface area contributed by atoms with Crippen molar-refractivity contribution < 1.29 is 9.53 Å². The van der Waals surface area contributed by atoms with Crippen LogP contribution in [0.25, 0.3) is 0 Å². The average molecular weight is 324 g/mol. The number of amides is 1. The fraction of sp³-hybridized carbons (Fsp3) is 0.765. The van der Waals surface area contributed by atoms with E-state index in [1.165, 1.54) is 5.56 Å². The van der Waals surface area contributed by atoms with Gasteiger partial charge in [-0.25, -0.2) is 4.79 Å². The number of rotatable bonds is 7. The van der Waals surface area contributed by atoms with Crippen LogP contribution in [-0.4, -0.2) is 33.6 Å². The predicted molar refractivity (Wildman–Crippen MR) is 92.3 cm³/mol. The quantitative estimate of drug-likeness (QED) is 0.809. The average Bonchev–Trinajstić information content (AvgIpc) is 2.78. The SMILES string of the molecule is CCC(CC)(CNC(=O)OC(C)(C)C)NCc1cnn(C)c1C. The lowest BCUT2D eigenvalue weighted by Crippen LogP contribution is -2.53. The molecule has 6 nitrogen and oxygen atoms in total. The van der Waals surface area contributed by atoms with E-state index in [2.05, 4.69) is 36.5 Å². The normalized spacial score (nSPS) is 12.3. The van der Waals surface area contributed by atoms with E-state index >= 15 is 0 Å². The van der Waals surface area contributed by atoms with Gasteiger partial charge in [0.25, 0.3) is 0 Å². The Morgan fingerprint density at radius 1 is 1.30 bits per heavy atom. The number of ether oxygens (including phenoxy) is 1. The third-order valence-corrected chi connectivity index (χ3v) is 4.31. The number of aromatic nitrogens is 2.